The van der Waals surface area contributed by atoms with Gasteiger partial charge in [0, 0.05) is 26.3 Å². The number of likely N-dealkylation sites (N-methyl/N-ethyl adjacent to an activating group) is 1. The number of carbonyl (C=O) groups is 1. The third kappa shape index (κ3) is 2.82. The fourth-order valence-corrected chi connectivity index (χ4v) is 2.75. The number of piperidine rings is 1. The molecule has 0 aromatic carbocycles. The highest BCUT2D eigenvalue weighted by Crippen LogP contribution is 2.31. The summed E-state index contributed by atoms with van der Waals surface area (Å²) in [5.74, 6) is 0.675. The first-order valence-electron chi connectivity index (χ1n) is 6.50. The van der Waals surface area contributed by atoms with Crippen molar-refractivity contribution < 1.29 is 4.79 Å². The van der Waals surface area contributed by atoms with E-state index in [-0.39, 0.29) is 11.9 Å². The topological polar surface area (TPSA) is 71.2 Å². The van der Waals surface area contributed by atoms with E-state index in [0.717, 1.165) is 31.4 Å². The number of amides is 1. The summed E-state index contributed by atoms with van der Waals surface area (Å²) in [6.07, 6.45) is 4.60. The number of hydrogen-bond donors (Lipinski definition) is 2. The van der Waals surface area contributed by atoms with Gasteiger partial charge in [0.1, 0.15) is 11.9 Å². The number of pyridine rings is 1. The van der Waals surface area contributed by atoms with Gasteiger partial charge in [0.15, 0.2) is 0 Å². The van der Waals surface area contributed by atoms with Crippen molar-refractivity contribution in [2.24, 2.45) is 5.73 Å². The maximum Gasteiger partial charge on any atom is 0.242 e. The lowest BCUT2D eigenvalue weighted by Gasteiger charge is -2.36. The van der Waals surface area contributed by atoms with E-state index in [2.05, 4.69) is 10.3 Å². The molecule has 5 nitrogen and oxygen atoms in total. The third-order valence-electron chi connectivity index (χ3n) is 3.49. The fraction of sp³-hybridized carbons (Fsp3) is 0.538. The number of anilines is 1. The predicted octanol–water partition coefficient (Wildman–Crippen LogP) is 1.30. The molecule has 3 N–H and O–H groups in total. The van der Waals surface area contributed by atoms with Gasteiger partial charge < -0.3 is 16.0 Å². The lowest BCUT2D eigenvalue weighted by atomic mass is 10.0. The Kier molecular flexibility index (Phi) is 4.61. The summed E-state index contributed by atoms with van der Waals surface area (Å²) in [5.41, 5.74) is 6.51. The van der Waals surface area contributed by atoms with E-state index in [0.29, 0.717) is 17.4 Å². The lowest BCUT2D eigenvalue weighted by molar-refractivity contribution is -0.122. The van der Waals surface area contributed by atoms with Gasteiger partial charge in [-0.2, -0.15) is 0 Å². The molecule has 1 aromatic rings. The highest BCUT2D eigenvalue weighted by molar-refractivity contribution is 6.33. The Bertz CT molecular complexity index is 466. The molecule has 1 fully saturated rings. The number of aromatic nitrogens is 1. The first kappa shape index (κ1) is 14.1. The van der Waals surface area contributed by atoms with Crippen LogP contribution in [0.1, 0.15) is 24.8 Å². The number of hydrogen-bond acceptors (Lipinski definition) is 4. The number of nitrogens with zero attached hydrogens (tertiary/aromatic N) is 2. The third-order valence-corrected chi connectivity index (χ3v) is 3.91. The summed E-state index contributed by atoms with van der Waals surface area (Å²) in [6.45, 7) is 1.16. The van der Waals surface area contributed by atoms with E-state index >= 15 is 0 Å². The molecule has 2 rings (SSSR count). The van der Waals surface area contributed by atoms with Crippen LogP contribution < -0.4 is 16.0 Å². The van der Waals surface area contributed by atoms with Gasteiger partial charge in [-0.1, -0.05) is 11.6 Å². The number of rotatable bonds is 3. The first-order chi connectivity index (χ1) is 9.19. The average Bonchev–Trinajstić information content (AvgIpc) is 2.47. The van der Waals surface area contributed by atoms with Gasteiger partial charge in [0.2, 0.25) is 5.91 Å². The molecule has 0 bridgehead atoms. The van der Waals surface area contributed by atoms with Gasteiger partial charge in [-0.05, 0) is 30.9 Å². The van der Waals surface area contributed by atoms with Crippen LogP contribution in [0.2, 0.25) is 5.02 Å². The molecule has 2 heterocycles. The Labute approximate surface area is 118 Å². The minimum absolute atomic E-state index is 0.00992. The van der Waals surface area contributed by atoms with Crippen LogP contribution in [0.25, 0.3) is 0 Å². The zero-order valence-electron chi connectivity index (χ0n) is 11.0. The van der Waals surface area contributed by atoms with Crippen LogP contribution in [0.3, 0.4) is 0 Å². The molecule has 1 amide bonds. The second kappa shape index (κ2) is 6.21. The van der Waals surface area contributed by atoms with Crippen molar-refractivity contribution in [1.82, 2.24) is 10.3 Å². The second-order valence-electron chi connectivity index (χ2n) is 4.63. The molecule has 1 aliphatic rings. The lowest BCUT2D eigenvalue weighted by Crippen LogP contribution is -2.49. The number of nitrogens with two attached hydrogens (primary N) is 1. The molecule has 104 valence electrons. The smallest absolute Gasteiger partial charge is 0.242 e. The van der Waals surface area contributed by atoms with Crippen LogP contribution in [0.15, 0.2) is 12.3 Å². The zero-order chi connectivity index (χ0) is 13.8. The molecule has 19 heavy (non-hydrogen) atoms. The van der Waals surface area contributed by atoms with Crippen molar-refractivity contribution in [1.29, 1.82) is 0 Å². The molecular weight excluding hydrogens is 264 g/mol. The largest absolute Gasteiger partial charge is 0.357 e. The molecule has 0 spiro atoms. The molecule has 1 saturated heterocycles. The van der Waals surface area contributed by atoms with E-state index in [1.54, 1.807) is 13.2 Å². The predicted molar refractivity (Wildman–Crippen MR) is 76.2 cm³/mol. The second-order valence-corrected chi connectivity index (χ2v) is 5.01. The summed E-state index contributed by atoms with van der Waals surface area (Å²) in [6, 6.07) is 1.61. The van der Waals surface area contributed by atoms with Gasteiger partial charge in [-0.15, -0.1) is 0 Å². The van der Waals surface area contributed by atoms with Crippen molar-refractivity contribution in [2.45, 2.75) is 31.8 Å². The molecule has 1 aliphatic heterocycles. The summed E-state index contributed by atoms with van der Waals surface area (Å²) in [7, 11) is 1.65. The van der Waals surface area contributed by atoms with E-state index in [1.165, 1.54) is 0 Å². The van der Waals surface area contributed by atoms with Crippen LogP contribution >= 0.6 is 11.6 Å². The van der Waals surface area contributed by atoms with E-state index < -0.39 is 0 Å². The van der Waals surface area contributed by atoms with E-state index in [4.69, 9.17) is 17.3 Å². The Morgan fingerprint density at radius 2 is 2.42 bits per heavy atom. The van der Waals surface area contributed by atoms with Crippen LogP contribution in [0.4, 0.5) is 5.82 Å². The normalized spacial score (nSPS) is 19.3. The quantitative estimate of drug-likeness (QED) is 0.877. The van der Waals surface area contributed by atoms with E-state index in [1.807, 2.05) is 11.0 Å². The molecule has 0 aliphatic carbocycles. The van der Waals surface area contributed by atoms with Gasteiger partial charge >= 0.3 is 0 Å². The number of halogens is 1. The fourth-order valence-electron chi connectivity index (χ4n) is 2.45. The monoisotopic (exact) mass is 282 g/mol. The molecule has 0 saturated carbocycles. The van der Waals surface area contributed by atoms with Gasteiger partial charge in [-0.3, -0.25) is 4.79 Å². The minimum Gasteiger partial charge on any atom is -0.357 e. The van der Waals surface area contributed by atoms with Crippen LogP contribution in [-0.2, 0) is 11.3 Å². The van der Waals surface area contributed by atoms with Gasteiger partial charge in [0.25, 0.3) is 0 Å². The minimum atomic E-state index is -0.197. The Hall–Kier alpha value is -1.33. The molecule has 1 unspecified atom stereocenters. The summed E-state index contributed by atoms with van der Waals surface area (Å²) in [4.78, 5) is 18.3. The summed E-state index contributed by atoms with van der Waals surface area (Å²) in [5, 5.41) is 3.26. The standard InChI is InChI=1S/C13H19ClN4O/c1-16-13(19)10-4-2-3-7-18(10)12-11(14)9(8-15)5-6-17-12/h5-6,10H,2-4,7-8,15H2,1H3,(H,16,19). The van der Waals surface area contributed by atoms with Crippen molar-refractivity contribution in [2.75, 3.05) is 18.5 Å². The number of carbonyl (C=O) groups excluding carboxylic acids is 1. The van der Waals surface area contributed by atoms with Crippen molar-refractivity contribution in [3.05, 3.63) is 22.8 Å². The Balaban J connectivity index is 2.35. The summed E-state index contributed by atoms with van der Waals surface area (Å²) < 4.78 is 0. The first-order valence-corrected chi connectivity index (χ1v) is 6.88. The maximum absolute atomic E-state index is 12.0. The van der Waals surface area contributed by atoms with Crippen LogP contribution in [-0.4, -0.2) is 30.5 Å². The number of nitrogens with one attached hydrogen (secondary N) is 1. The SMILES string of the molecule is CNC(=O)C1CCCCN1c1nccc(CN)c1Cl. The van der Waals surface area contributed by atoms with Crippen molar-refractivity contribution >= 4 is 23.3 Å². The molecule has 1 aromatic heterocycles. The highest BCUT2D eigenvalue weighted by atomic mass is 35.5. The van der Waals surface area contributed by atoms with Gasteiger partial charge in [0.05, 0.1) is 5.02 Å². The van der Waals surface area contributed by atoms with Crippen molar-refractivity contribution in [3.8, 4) is 0 Å². The molecular formula is C13H19ClN4O. The maximum atomic E-state index is 12.0. The van der Waals surface area contributed by atoms with Crippen LogP contribution in [0, 0.1) is 0 Å². The average molecular weight is 283 g/mol. The Morgan fingerprint density at radius 1 is 1.63 bits per heavy atom. The molecule has 0 radical (unpaired) electrons. The molecule has 6 heteroatoms. The zero-order valence-corrected chi connectivity index (χ0v) is 11.8. The van der Waals surface area contributed by atoms with E-state index in [9.17, 15) is 4.79 Å². The van der Waals surface area contributed by atoms with Crippen LogP contribution in [0.5, 0.6) is 0 Å². The molecule has 1 atom stereocenters. The Morgan fingerprint density at radius 3 is 3.11 bits per heavy atom. The van der Waals surface area contributed by atoms with Gasteiger partial charge in [-0.25, -0.2) is 4.98 Å². The summed E-state index contributed by atoms with van der Waals surface area (Å²) >= 11 is 6.34. The highest BCUT2D eigenvalue weighted by Gasteiger charge is 2.30. The van der Waals surface area contributed by atoms with Crippen molar-refractivity contribution in [3.63, 3.8) is 0 Å².